The Hall–Kier alpha value is -1.10. The first-order chi connectivity index (χ1) is 7.97. The Balaban J connectivity index is 4.17. The summed E-state index contributed by atoms with van der Waals surface area (Å²) in [6.07, 6.45) is 0.891. The van der Waals surface area contributed by atoms with E-state index >= 15 is 0 Å². The van der Waals surface area contributed by atoms with Gasteiger partial charge in [-0.2, -0.15) is 0 Å². The van der Waals surface area contributed by atoms with Crippen LogP contribution in [0.3, 0.4) is 0 Å². The van der Waals surface area contributed by atoms with Gasteiger partial charge in [0.2, 0.25) is 0 Å². The Bertz CT molecular complexity index is 237. The zero-order chi connectivity index (χ0) is 13.3. The van der Waals surface area contributed by atoms with Crippen LogP contribution in [0.2, 0.25) is 0 Å². The third-order valence-corrected chi connectivity index (χ3v) is 2.05. The normalized spacial score (nSPS) is 12.5. The van der Waals surface area contributed by atoms with E-state index in [2.05, 4.69) is 0 Å². The highest BCUT2D eigenvalue weighted by atomic mass is 16.6. The first-order valence-electron chi connectivity index (χ1n) is 6.01. The molecule has 100 valence electrons. The number of hydrogen-bond donors (Lipinski definition) is 1. The summed E-state index contributed by atoms with van der Waals surface area (Å²) in [7, 11) is 0. The van der Waals surface area contributed by atoms with Crippen molar-refractivity contribution in [2.24, 2.45) is 0 Å². The van der Waals surface area contributed by atoms with Gasteiger partial charge in [0, 0.05) is 13.0 Å². The van der Waals surface area contributed by atoms with E-state index in [1.807, 2.05) is 6.92 Å². The van der Waals surface area contributed by atoms with Gasteiger partial charge in [0.25, 0.3) is 0 Å². The fourth-order valence-corrected chi connectivity index (χ4v) is 1.20. The fraction of sp³-hybridized carbons (Fsp3) is 0.833. The lowest BCUT2D eigenvalue weighted by molar-refractivity contribution is -0.162. The van der Waals surface area contributed by atoms with E-state index in [4.69, 9.17) is 14.6 Å². The first kappa shape index (κ1) is 15.9. The molecule has 0 radical (unpaired) electrons. The Morgan fingerprint density at radius 2 is 1.94 bits per heavy atom. The molecule has 5 heteroatoms. The minimum Gasteiger partial charge on any atom is -0.481 e. The molecule has 5 nitrogen and oxygen atoms in total. The van der Waals surface area contributed by atoms with Crippen LogP contribution in [-0.4, -0.2) is 35.9 Å². The number of carboxylic acid groups (broad SMARTS) is 1. The molecule has 1 unspecified atom stereocenters. The summed E-state index contributed by atoms with van der Waals surface area (Å²) in [5, 5.41) is 8.59. The van der Waals surface area contributed by atoms with E-state index in [1.165, 1.54) is 0 Å². The van der Waals surface area contributed by atoms with Crippen molar-refractivity contribution in [3.63, 3.8) is 0 Å². The molecule has 0 aliphatic rings. The predicted octanol–water partition coefficient (Wildman–Crippen LogP) is 1.99. The van der Waals surface area contributed by atoms with Crippen molar-refractivity contribution in [2.75, 3.05) is 6.61 Å². The maximum atomic E-state index is 11.6. The Kier molecular flexibility index (Phi) is 8.40. The Morgan fingerprint density at radius 1 is 1.29 bits per heavy atom. The highest BCUT2D eigenvalue weighted by Gasteiger charge is 2.22. The van der Waals surface area contributed by atoms with Crippen LogP contribution in [0.1, 0.15) is 46.5 Å². The number of carboxylic acids is 1. The quantitative estimate of drug-likeness (QED) is 0.497. The second-order valence-corrected chi connectivity index (χ2v) is 4.13. The Labute approximate surface area is 102 Å². The molecule has 0 heterocycles. The van der Waals surface area contributed by atoms with E-state index in [1.54, 1.807) is 13.8 Å². The van der Waals surface area contributed by atoms with Gasteiger partial charge in [-0.3, -0.25) is 4.79 Å². The highest BCUT2D eigenvalue weighted by Crippen LogP contribution is 2.08. The topological polar surface area (TPSA) is 72.8 Å². The summed E-state index contributed by atoms with van der Waals surface area (Å²) < 4.78 is 10.4. The van der Waals surface area contributed by atoms with Crippen molar-refractivity contribution in [1.82, 2.24) is 0 Å². The highest BCUT2D eigenvalue weighted by molar-refractivity contribution is 5.76. The van der Waals surface area contributed by atoms with Gasteiger partial charge < -0.3 is 14.6 Å². The molecular formula is C12H22O5. The van der Waals surface area contributed by atoms with Crippen molar-refractivity contribution in [3.8, 4) is 0 Å². The van der Waals surface area contributed by atoms with Crippen molar-refractivity contribution in [1.29, 1.82) is 0 Å². The lowest BCUT2D eigenvalue weighted by Gasteiger charge is -2.17. The molecule has 0 bridgehead atoms. The van der Waals surface area contributed by atoms with Crippen LogP contribution < -0.4 is 0 Å². The van der Waals surface area contributed by atoms with Crippen molar-refractivity contribution >= 4 is 11.9 Å². The maximum Gasteiger partial charge on any atom is 0.335 e. The van der Waals surface area contributed by atoms with Crippen molar-refractivity contribution < 1.29 is 24.2 Å². The number of carbonyl (C=O) groups is 2. The molecule has 0 amide bonds. The number of aliphatic carboxylic acids is 1. The monoisotopic (exact) mass is 246 g/mol. The summed E-state index contributed by atoms with van der Waals surface area (Å²) in [5.41, 5.74) is 0. The first-order valence-corrected chi connectivity index (χ1v) is 6.01. The van der Waals surface area contributed by atoms with Crippen LogP contribution in [0, 0.1) is 0 Å². The molecule has 0 spiro atoms. The molecule has 0 aromatic heterocycles. The van der Waals surface area contributed by atoms with Crippen LogP contribution in [0.5, 0.6) is 0 Å². The van der Waals surface area contributed by atoms with Crippen LogP contribution >= 0.6 is 0 Å². The van der Waals surface area contributed by atoms with Crippen LogP contribution in [0.4, 0.5) is 0 Å². The van der Waals surface area contributed by atoms with Crippen LogP contribution in [-0.2, 0) is 19.1 Å². The van der Waals surface area contributed by atoms with Crippen LogP contribution in [0.25, 0.3) is 0 Å². The van der Waals surface area contributed by atoms with E-state index in [0.717, 1.165) is 12.8 Å². The second kappa shape index (κ2) is 8.98. The van der Waals surface area contributed by atoms with Gasteiger partial charge in [-0.25, -0.2) is 4.79 Å². The molecule has 0 aliphatic heterocycles. The number of unbranched alkanes of at least 4 members (excludes halogenated alkanes) is 1. The van der Waals surface area contributed by atoms with E-state index in [-0.39, 0.29) is 18.9 Å². The molecule has 1 atom stereocenters. The number of hydrogen-bond acceptors (Lipinski definition) is 4. The average molecular weight is 246 g/mol. The van der Waals surface area contributed by atoms with Gasteiger partial charge in [-0.05, 0) is 26.7 Å². The fourth-order valence-electron chi connectivity index (χ4n) is 1.20. The molecule has 0 aliphatic carbocycles. The molecule has 0 aromatic carbocycles. The van der Waals surface area contributed by atoms with Gasteiger partial charge in [-0.1, -0.05) is 13.3 Å². The lowest BCUT2D eigenvalue weighted by Crippen LogP contribution is -2.29. The van der Waals surface area contributed by atoms with E-state index in [9.17, 15) is 9.59 Å². The second-order valence-electron chi connectivity index (χ2n) is 4.13. The zero-order valence-corrected chi connectivity index (χ0v) is 10.8. The average Bonchev–Trinajstić information content (AvgIpc) is 2.21. The minimum absolute atomic E-state index is 0.0933. The third kappa shape index (κ3) is 8.68. The van der Waals surface area contributed by atoms with Gasteiger partial charge >= 0.3 is 11.9 Å². The number of esters is 1. The standard InChI is InChI=1S/C12H22O5/c1-4-5-8-16-10(6-7-11(13)14)12(15)17-9(2)3/h9-10H,4-8H2,1-3H3,(H,13,14). The predicted molar refractivity (Wildman–Crippen MR) is 62.7 cm³/mol. The molecule has 0 fully saturated rings. The summed E-state index contributed by atoms with van der Waals surface area (Å²) in [6.45, 7) is 5.96. The molecule has 0 saturated carbocycles. The van der Waals surface area contributed by atoms with Gasteiger partial charge in [0.15, 0.2) is 6.10 Å². The molecule has 0 saturated heterocycles. The molecule has 0 aromatic rings. The molecule has 17 heavy (non-hydrogen) atoms. The van der Waals surface area contributed by atoms with E-state index in [0.29, 0.717) is 6.61 Å². The maximum absolute atomic E-state index is 11.6. The summed E-state index contributed by atoms with van der Waals surface area (Å²) in [6, 6.07) is 0. The van der Waals surface area contributed by atoms with Gasteiger partial charge in [0.1, 0.15) is 0 Å². The smallest absolute Gasteiger partial charge is 0.335 e. The molecular weight excluding hydrogens is 224 g/mol. The third-order valence-electron chi connectivity index (χ3n) is 2.05. The zero-order valence-electron chi connectivity index (χ0n) is 10.8. The number of rotatable bonds is 9. The van der Waals surface area contributed by atoms with Gasteiger partial charge in [-0.15, -0.1) is 0 Å². The van der Waals surface area contributed by atoms with Crippen molar-refractivity contribution in [2.45, 2.75) is 58.7 Å². The van der Waals surface area contributed by atoms with E-state index < -0.39 is 18.0 Å². The summed E-state index contributed by atoms with van der Waals surface area (Å²) >= 11 is 0. The summed E-state index contributed by atoms with van der Waals surface area (Å²) in [4.78, 5) is 22.1. The minimum atomic E-state index is -0.938. The molecule has 1 N–H and O–H groups in total. The number of carbonyl (C=O) groups excluding carboxylic acids is 1. The van der Waals surface area contributed by atoms with Crippen molar-refractivity contribution in [3.05, 3.63) is 0 Å². The van der Waals surface area contributed by atoms with Gasteiger partial charge in [0.05, 0.1) is 6.10 Å². The Morgan fingerprint density at radius 3 is 2.41 bits per heavy atom. The number of ether oxygens (including phenoxy) is 2. The lowest BCUT2D eigenvalue weighted by atomic mass is 10.2. The largest absolute Gasteiger partial charge is 0.481 e. The summed E-state index contributed by atoms with van der Waals surface area (Å²) in [5.74, 6) is -1.41. The SMILES string of the molecule is CCCCOC(CCC(=O)O)C(=O)OC(C)C. The molecule has 0 rings (SSSR count). The van der Waals surface area contributed by atoms with Crippen LogP contribution in [0.15, 0.2) is 0 Å².